The quantitative estimate of drug-likeness (QED) is 0.291. The molecule has 37 heavy (non-hydrogen) atoms. The third kappa shape index (κ3) is 5.75. The topological polar surface area (TPSA) is 110 Å². The number of halogens is 7. The van der Waals surface area contributed by atoms with Crippen molar-refractivity contribution in [2.75, 3.05) is 0 Å². The lowest BCUT2D eigenvalue weighted by molar-refractivity contribution is -0.376. The Balaban J connectivity index is 2.01. The first-order chi connectivity index (χ1) is 17.0. The number of hydrogen-bond acceptors (Lipinski definition) is 4. The lowest BCUT2D eigenvalue weighted by atomic mass is 9.90. The zero-order valence-electron chi connectivity index (χ0n) is 18.1. The summed E-state index contributed by atoms with van der Waals surface area (Å²) in [4.78, 5) is 0. The second kappa shape index (κ2) is 9.75. The maximum Gasteiger partial charge on any atom is 0.430 e. The van der Waals surface area contributed by atoms with Crippen LogP contribution in [0.4, 0.5) is 30.7 Å². The minimum atomic E-state index is -6.18. The highest BCUT2D eigenvalue weighted by atomic mass is 32.2. The number of hydrogen-bond donors (Lipinski definition) is 3. The van der Waals surface area contributed by atoms with E-state index in [0.29, 0.717) is 17.7 Å². The summed E-state index contributed by atoms with van der Waals surface area (Å²) >= 11 is 0. The highest BCUT2D eigenvalue weighted by Crippen LogP contribution is 2.50. The van der Waals surface area contributed by atoms with E-state index < -0.39 is 51.2 Å². The highest BCUT2D eigenvalue weighted by molar-refractivity contribution is 7.83. The van der Waals surface area contributed by atoms with Crippen molar-refractivity contribution in [1.29, 1.82) is 5.26 Å². The summed E-state index contributed by atoms with van der Waals surface area (Å²) in [6, 6.07) is 12.2. The van der Waals surface area contributed by atoms with E-state index in [-0.39, 0.29) is 22.8 Å². The van der Waals surface area contributed by atoms with Gasteiger partial charge in [0.25, 0.3) is 5.60 Å². The normalized spacial score (nSPS) is 13.7. The lowest BCUT2D eigenvalue weighted by Crippen LogP contribution is -2.53. The second-order valence-corrected chi connectivity index (χ2v) is 8.97. The Morgan fingerprint density at radius 3 is 1.73 bits per heavy atom. The third-order valence-corrected chi connectivity index (χ3v) is 5.94. The van der Waals surface area contributed by atoms with Crippen molar-refractivity contribution in [3.63, 3.8) is 0 Å². The predicted octanol–water partition coefficient (Wildman–Crippen LogP) is 5.16. The number of nitrogens with zero attached hydrogens (tertiary/aromatic N) is 1. The van der Waals surface area contributed by atoms with Crippen LogP contribution in [0.1, 0.15) is 28.3 Å². The van der Waals surface area contributed by atoms with Gasteiger partial charge in [-0.2, -0.15) is 44.7 Å². The van der Waals surface area contributed by atoms with Crippen molar-refractivity contribution in [2.45, 2.75) is 24.0 Å². The molecular formula is C23H15F7N2O4S. The summed E-state index contributed by atoms with van der Waals surface area (Å²) in [5.74, 6) is -1.49. The van der Waals surface area contributed by atoms with Gasteiger partial charge in [0.2, 0.25) is 0 Å². The van der Waals surface area contributed by atoms with Gasteiger partial charge in [-0.3, -0.25) is 4.55 Å². The zero-order chi connectivity index (χ0) is 27.8. The molecule has 0 amide bonds. The van der Waals surface area contributed by atoms with Crippen molar-refractivity contribution in [3.05, 3.63) is 94.8 Å². The third-order valence-electron chi connectivity index (χ3n) is 5.40. The maximum absolute atomic E-state index is 14.7. The monoisotopic (exact) mass is 548 g/mol. The average Bonchev–Trinajstić information content (AvgIpc) is 2.80. The molecule has 0 aliphatic carbocycles. The molecule has 0 aliphatic heterocycles. The van der Waals surface area contributed by atoms with Crippen LogP contribution in [0, 0.1) is 17.1 Å². The Kier molecular flexibility index (Phi) is 7.39. The van der Waals surface area contributed by atoms with Gasteiger partial charge in [0, 0.05) is 11.1 Å². The minimum absolute atomic E-state index is 0.000733. The van der Waals surface area contributed by atoms with E-state index in [1.54, 1.807) is 0 Å². The average molecular weight is 548 g/mol. The zero-order valence-corrected chi connectivity index (χ0v) is 19.0. The summed E-state index contributed by atoms with van der Waals surface area (Å²) < 4.78 is 127. The Bertz CT molecular complexity index is 1420. The minimum Gasteiger partial charge on any atom is -0.369 e. The molecule has 0 saturated carbocycles. The Morgan fingerprint density at radius 1 is 0.838 bits per heavy atom. The fourth-order valence-corrected chi connectivity index (χ4v) is 4.12. The van der Waals surface area contributed by atoms with E-state index in [4.69, 9.17) is 5.26 Å². The molecule has 0 aromatic heterocycles. The Hall–Kier alpha value is -3.51. The van der Waals surface area contributed by atoms with Gasteiger partial charge in [0.15, 0.2) is 0 Å². The molecule has 196 valence electrons. The van der Waals surface area contributed by atoms with Crippen LogP contribution >= 0.6 is 0 Å². The fraction of sp³-hybridized carbons (Fsp3) is 0.174. The second-order valence-electron chi connectivity index (χ2n) is 7.78. The van der Waals surface area contributed by atoms with Gasteiger partial charge in [0.05, 0.1) is 17.7 Å². The van der Waals surface area contributed by atoms with Gasteiger partial charge in [0.1, 0.15) is 5.82 Å². The standard InChI is InChI=1S/C23H15F7N2O4S/c24-19-11-17(21(33,22(25,26)27)23(28,29)30)9-10-18(19)14-5-7-16(8-6-14)20(32-37(34,35)36)15-3-1-13(12-31)2-4-15/h1-11,20,32-33H,(H,34,35,36). The summed E-state index contributed by atoms with van der Waals surface area (Å²) in [5.41, 5.74) is -6.67. The summed E-state index contributed by atoms with van der Waals surface area (Å²) in [7, 11) is -4.73. The molecule has 3 aromatic carbocycles. The van der Waals surface area contributed by atoms with Crippen LogP contribution in [0.5, 0.6) is 0 Å². The van der Waals surface area contributed by atoms with E-state index >= 15 is 0 Å². The molecule has 0 radical (unpaired) electrons. The molecule has 3 aromatic rings. The molecule has 0 heterocycles. The molecule has 0 spiro atoms. The predicted molar refractivity (Wildman–Crippen MR) is 116 cm³/mol. The van der Waals surface area contributed by atoms with Crippen LogP contribution in [-0.2, 0) is 15.9 Å². The van der Waals surface area contributed by atoms with E-state index in [0.717, 1.165) is 0 Å². The van der Waals surface area contributed by atoms with Crippen LogP contribution in [-0.4, -0.2) is 30.4 Å². The number of alkyl halides is 6. The van der Waals surface area contributed by atoms with E-state index in [2.05, 4.69) is 0 Å². The van der Waals surface area contributed by atoms with Crippen LogP contribution in [0.2, 0.25) is 0 Å². The van der Waals surface area contributed by atoms with Crippen LogP contribution < -0.4 is 4.72 Å². The first kappa shape index (κ1) is 28.1. The molecule has 1 atom stereocenters. The SMILES string of the molecule is N#Cc1ccc(C(NS(=O)(=O)O)c2ccc(-c3ccc(C(O)(C(F)(F)F)C(F)(F)F)cc3F)cc2)cc1. The van der Waals surface area contributed by atoms with Crippen LogP contribution in [0.15, 0.2) is 66.7 Å². The Morgan fingerprint density at radius 2 is 1.32 bits per heavy atom. The lowest BCUT2D eigenvalue weighted by Gasteiger charge is -2.32. The van der Waals surface area contributed by atoms with Gasteiger partial charge < -0.3 is 5.11 Å². The molecule has 14 heteroatoms. The van der Waals surface area contributed by atoms with Crippen molar-refractivity contribution >= 4 is 10.3 Å². The molecule has 0 fully saturated rings. The molecule has 0 bridgehead atoms. The number of rotatable bonds is 6. The van der Waals surface area contributed by atoms with E-state index in [9.17, 15) is 48.8 Å². The smallest absolute Gasteiger partial charge is 0.369 e. The van der Waals surface area contributed by atoms with E-state index in [1.165, 1.54) is 48.5 Å². The summed E-state index contributed by atoms with van der Waals surface area (Å²) in [5, 5.41) is 18.4. The van der Waals surface area contributed by atoms with E-state index in [1.807, 2.05) is 10.8 Å². The van der Waals surface area contributed by atoms with Crippen LogP contribution in [0.3, 0.4) is 0 Å². The van der Waals surface area contributed by atoms with Crippen molar-refractivity contribution in [1.82, 2.24) is 4.72 Å². The molecule has 0 aliphatic rings. The van der Waals surface area contributed by atoms with Gasteiger partial charge >= 0.3 is 22.7 Å². The number of nitrogens with one attached hydrogen (secondary N) is 1. The highest BCUT2D eigenvalue weighted by Gasteiger charge is 2.71. The van der Waals surface area contributed by atoms with Crippen molar-refractivity contribution < 1.29 is 48.8 Å². The van der Waals surface area contributed by atoms with Gasteiger partial charge in [-0.1, -0.05) is 48.5 Å². The van der Waals surface area contributed by atoms with Crippen molar-refractivity contribution in [3.8, 4) is 17.2 Å². The Labute approximate surface area is 205 Å². The molecule has 6 nitrogen and oxygen atoms in total. The fourth-order valence-electron chi connectivity index (χ4n) is 3.55. The number of nitriles is 1. The summed E-state index contributed by atoms with van der Waals surface area (Å²) in [6.45, 7) is 0. The largest absolute Gasteiger partial charge is 0.430 e. The summed E-state index contributed by atoms with van der Waals surface area (Å²) in [6.07, 6.45) is -12.4. The first-order valence-electron chi connectivity index (χ1n) is 9.99. The number of aliphatic hydroxyl groups is 1. The van der Waals surface area contributed by atoms with Gasteiger partial charge in [-0.05, 0) is 34.9 Å². The molecule has 0 saturated heterocycles. The molecule has 1 unspecified atom stereocenters. The molecular weight excluding hydrogens is 533 g/mol. The van der Waals surface area contributed by atoms with Gasteiger partial charge in [-0.15, -0.1) is 0 Å². The molecule has 3 rings (SSSR count). The molecule has 3 N–H and O–H groups in total. The first-order valence-corrected chi connectivity index (χ1v) is 11.4. The number of benzene rings is 3. The van der Waals surface area contributed by atoms with Gasteiger partial charge in [-0.25, -0.2) is 4.39 Å². The van der Waals surface area contributed by atoms with Crippen LogP contribution in [0.25, 0.3) is 11.1 Å². The van der Waals surface area contributed by atoms with Crippen molar-refractivity contribution in [2.24, 2.45) is 0 Å². The maximum atomic E-state index is 14.7.